The number of aromatic amines is 1. The van der Waals surface area contributed by atoms with Crippen LogP contribution in [-0.4, -0.2) is 22.9 Å². The van der Waals surface area contributed by atoms with Crippen molar-refractivity contribution in [1.82, 2.24) is 15.8 Å². The Morgan fingerprint density at radius 1 is 1.14 bits per heavy atom. The van der Waals surface area contributed by atoms with Gasteiger partial charge in [-0.15, -0.1) is 0 Å². The van der Waals surface area contributed by atoms with Gasteiger partial charge in [-0.3, -0.25) is 20.4 Å². The van der Waals surface area contributed by atoms with Crippen molar-refractivity contribution in [3.05, 3.63) is 64.3 Å². The van der Waals surface area contributed by atoms with Crippen LogP contribution in [0.3, 0.4) is 0 Å². The van der Waals surface area contributed by atoms with E-state index in [9.17, 15) is 9.59 Å². The quantitative estimate of drug-likeness (QED) is 0.573. The molecule has 146 valence electrons. The highest BCUT2D eigenvalue weighted by molar-refractivity contribution is 6.30. The molecular formula is C21H22ClN3O3. The van der Waals surface area contributed by atoms with Gasteiger partial charge in [0.05, 0.1) is 6.42 Å². The Balaban J connectivity index is 1.55. The molecule has 6 nitrogen and oxygen atoms in total. The summed E-state index contributed by atoms with van der Waals surface area (Å²) in [4.78, 5) is 27.6. The highest BCUT2D eigenvalue weighted by Gasteiger charge is 2.18. The number of carbonyl (C=O) groups is 2. The number of benzene rings is 2. The van der Waals surface area contributed by atoms with E-state index in [-0.39, 0.29) is 12.3 Å². The molecule has 0 saturated carbocycles. The summed E-state index contributed by atoms with van der Waals surface area (Å²) < 4.78 is 5.76. The van der Waals surface area contributed by atoms with Gasteiger partial charge < -0.3 is 9.72 Å². The molecule has 0 aliphatic heterocycles. The third-order valence-electron chi connectivity index (χ3n) is 4.44. The van der Waals surface area contributed by atoms with E-state index >= 15 is 0 Å². The smallest absolute Gasteiger partial charge is 0.279 e. The molecule has 2 amide bonds. The summed E-state index contributed by atoms with van der Waals surface area (Å²) in [5, 5.41) is 1.60. The number of hydrazine groups is 1. The van der Waals surface area contributed by atoms with Crippen molar-refractivity contribution in [1.29, 1.82) is 0 Å². The van der Waals surface area contributed by atoms with Crippen LogP contribution >= 0.6 is 11.6 Å². The van der Waals surface area contributed by atoms with E-state index in [0.29, 0.717) is 10.8 Å². The first kappa shape index (κ1) is 19.8. The van der Waals surface area contributed by atoms with Gasteiger partial charge in [0.2, 0.25) is 5.91 Å². The van der Waals surface area contributed by atoms with E-state index < -0.39 is 12.0 Å². The van der Waals surface area contributed by atoms with E-state index in [1.54, 1.807) is 25.3 Å². The fourth-order valence-electron chi connectivity index (χ4n) is 3.04. The Morgan fingerprint density at radius 2 is 1.82 bits per heavy atom. The van der Waals surface area contributed by atoms with Gasteiger partial charge in [0.25, 0.3) is 5.91 Å². The lowest BCUT2D eigenvalue weighted by molar-refractivity contribution is -0.132. The van der Waals surface area contributed by atoms with Gasteiger partial charge in [-0.2, -0.15) is 0 Å². The monoisotopic (exact) mass is 399 g/mol. The summed E-state index contributed by atoms with van der Waals surface area (Å²) in [6, 6.07) is 11.3. The van der Waals surface area contributed by atoms with E-state index in [4.69, 9.17) is 16.3 Å². The van der Waals surface area contributed by atoms with E-state index in [2.05, 4.69) is 15.8 Å². The van der Waals surface area contributed by atoms with Crippen molar-refractivity contribution in [3.8, 4) is 5.75 Å². The van der Waals surface area contributed by atoms with Crippen LogP contribution < -0.4 is 15.6 Å². The summed E-state index contributed by atoms with van der Waals surface area (Å²) in [6.45, 7) is 5.35. The van der Waals surface area contributed by atoms with Gasteiger partial charge in [0.15, 0.2) is 6.10 Å². The van der Waals surface area contributed by atoms with Crippen LogP contribution in [0.2, 0.25) is 5.02 Å². The normalized spacial score (nSPS) is 11.9. The third-order valence-corrected chi connectivity index (χ3v) is 4.66. The van der Waals surface area contributed by atoms with Crippen LogP contribution in [-0.2, 0) is 16.0 Å². The standard InChI is InChI=1S/C21H22ClN3O3/c1-12-8-16(22)9-13(2)20(12)28-14(3)21(27)25-24-19(26)10-15-11-23-18-7-5-4-6-17(15)18/h4-9,11,14,23H,10H2,1-3H3,(H,24,26)(H,25,27). The van der Waals surface area contributed by atoms with Crippen molar-refractivity contribution in [2.45, 2.75) is 33.3 Å². The minimum absolute atomic E-state index is 0.148. The molecule has 0 spiro atoms. The second kappa shape index (κ2) is 8.35. The summed E-state index contributed by atoms with van der Waals surface area (Å²) in [5.41, 5.74) is 8.36. The number of carbonyl (C=O) groups excluding carboxylic acids is 2. The third kappa shape index (κ3) is 4.46. The first-order chi connectivity index (χ1) is 13.3. The molecule has 1 heterocycles. The fraction of sp³-hybridized carbons (Fsp3) is 0.238. The van der Waals surface area contributed by atoms with Crippen molar-refractivity contribution >= 4 is 34.3 Å². The van der Waals surface area contributed by atoms with Crippen LogP contribution in [0.25, 0.3) is 10.9 Å². The molecule has 2 aromatic carbocycles. The molecule has 3 N–H and O–H groups in total. The first-order valence-electron chi connectivity index (χ1n) is 8.92. The molecule has 7 heteroatoms. The molecule has 1 unspecified atom stereocenters. The SMILES string of the molecule is Cc1cc(Cl)cc(C)c1OC(C)C(=O)NNC(=O)Cc1c[nH]c2ccccc12. The predicted molar refractivity (Wildman–Crippen MR) is 109 cm³/mol. The second-order valence-electron chi connectivity index (χ2n) is 6.70. The minimum Gasteiger partial charge on any atom is -0.480 e. The van der Waals surface area contributed by atoms with Gasteiger partial charge in [-0.1, -0.05) is 29.8 Å². The summed E-state index contributed by atoms with van der Waals surface area (Å²) in [6.07, 6.45) is 1.16. The Labute approximate surface area is 168 Å². The van der Waals surface area contributed by atoms with Crippen LogP contribution in [0.5, 0.6) is 5.75 Å². The number of rotatable bonds is 5. The molecule has 0 saturated heterocycles. The Morgan fingerprint density at radius 3 is 2.54 bits per heavy atom. The number of H-pyrrole nitrogens is 1. The molecule has 1 aromatic heterocycles. The van der Waals surface area contributed by atoms with Gasteiger partial charge in [-0.25, -0.2) is 0 Å². The van der Waals surface area contributed by atoms with Crippen molar-refractivity contribution in [2.24, 2.45) is 0 Å². The van der Waals surface area contributed by atoms with Crippen molar-refractivity contribution < 1.29 is 14.3 Å². The highest BCUT2D eigenvalue weighted by Crippen LogP contribution is 2.27. The van der Waals surface area contributed by atoms with Gasteiger partial charge in [0, 0.05) is 22.1 Å². The number of ether oxygens (including phenoxy) is 1. The molecule has 0 radical (unpaired) electrons. The second-order valence-corrected chi connectivity index (χ2v) is 7.14. The molecule has 0 aliphatic rings. The lowest BCUT2D eigenvalue weighted by atomic mass is 10.1. The zero-order valence-corrected chi connectivity index (χ0v) is 16.7. The predicted octanol–water partition coefficient (Wildman–Crippen LogP) is 3.60. The summed E-state index contributed by atoms with van der Waals surface area (Å²) >= 11 is 6.02. The number of nitrogens with one attached hydrogen (secondary N) is 3. The molecular weight excluding hydrogens is 378 g/mol. The van der Waals surface area contributed by atoms with E-state index in [0.717, 1.165) is 27.6 Å². The lowest BCUT2D eigenvalue weighted by Gasteiger charge is -2.18. The van der Waals surface area contributed by atoms with Crippen molar-refractivity contribution in [3.63, 3.8) is 0 Å². The number of amides is 2. The van der Waals surface area contributed by atoms with E-state index in [1.165, 1.54) is 0 Å². The van der Waals surface area contributed by atoms with Gasteiger partial charge in [0.1, 0.15) is 5.75 Å². The number of fused-ring (bicyclic) bond motifs is 1. The lowest BCUT2D eigenvalue weighted by Crippen LogP contribution is -2.47. The summed E-state index contributed by atoms with van der Waals surface area (Å²) in [7, 11) is 0. The highest BCUT2D eigenvalue weighted by atomic mass is 35.5. The zero-order valence-electron chi connectivity index (χ0n) is 15.9. The maximum absolute atomic E-state index is 12.3. The van der Waals surface area contributed by atoms with Crippen LogP contribution in [0, 0.1) is 13.8 Å². The number of para-hydroxylation sites is 1. The topological polar surface area (TPSA) is 83.2 Å². The molecule has 3 rings (SSSR count). The number of aromatic nitrogens is 1. The largest absolute Gasteiger partial charge is 0.480 e. The number of aryl methyl sites for hydroxylation is 2. The molecule has 0 fully saturated rings. The van der Waals surface area contributed by atoms with Gasteiger partial charge in [-0.05, 0) is 55.7 Å². The Bertz CT molecular complexity index is 1010. The van der Waals surface area contributed by atoms with Crippen LogP contribution in [0.1, 0.15) is 23.6 Å². The number of halogens is 1. The van der Waals surface area contributed by atoms with Crippen LogP contribution in [0.4, 0.5) is 0 Å². The fourth-order valence-corrected chi connectivity index (χ4v) is 3.37. The molecule has 0 bridgehead atoms. The zero-order chi connectivity index (χ0) is 20.3. The maximum atomic E-state index is 12.3. The Hall–Kier alpha value is -2.99. The molecule has 0 aliphatic carbocycles. The Kier molecular flexibility index (Phi) is 5.90. The average molecular weight is 400 g/mol. The molecule has 1 atom stereocenters. The molecule has 28 heavy (non-hydrogen) atoms. The number of hydrogen-bond donors (Lipinski definition) is 3. The minimum atomic E-state index is -0.785. The van der Waals surface area contributed by atoms with Crippen LogP contribution in [0.15, 0.2) is 42.6 Å². The summed E-state index contributed by atoms with van der Waals surface area (Å²) in [5.74, 6) is -0.151. The van der Waals surface area contributed by atoms with E-state index in [1.807, 2.05) is 38.1 Å². The molecule has 3 aromatic rings. The number of hydrogen-bond acceptors (Lipinski definition) is 3. The van der Waals surface area contributed by atoms with Gasteiger partial charge >= 0.3 is 0 Å². The maximum Gasteiger partial charge on any atom is 0.279 e. The average Bonchev–Trinajstić information content (AvgIpc) is 3.05. The first-order valence-corrected chi connectivity index (χ1v) is 9.30. The van der Waals surface area contributed by atoms with Crippen molar-refractivity contribution in [2.75, 3.05) is 0 Å².